The minimum Gasteiger partial charge on any atom is -0.207 e. The minimum atomic E-state index is -2.31. The highest BCUT2D eigenvalue weighted by molar-refractivity contribution is 6.90. The highest BCUT2D eigenvalue weighted by Gasteiger charge is 2.36. The molecule has 4 aromatic rings. The Morgan fingerprint density at radius 3 is 1.06 bits per heavy atom. The molecule has 0 aliphatic rings. The molecule has 0 heterocycles. The van der Waals surface area contributed by atoms with Gasteiger partial charge in [0.2, 0.25) is 0 Å². The first kappa shape index (κ1) is 21.1. The van der Waals surface area contributed by atoms with Gasteiger partial charge >= 0.3 is 0 Å². The Morgan fingerprint density at radius 2 is 0.742 bits per heavy atom. The normalized spacial score (nSPS) is 11.5. The van der Waals surface area contributed by atoms with Gasteiger partial charge in [0.25, 0.3) is 0 Å². The molecule has 0 bridgehead atoms. The summed E-state index contributed by atoms with van der Waals surface area (Å²) in [4.78, 5) is 0. The molecule has 0 saturated heterocycles. The molecule has 0 aliphatic carbocycles. The molecule has 0 nitrogen and oxygen atoms in total. The smallest absolute Gasteiger partial charge is 0.123 e. The number of hydrogen-bond donors (Lipinski definition) is 0. The number of halogens is 3. The van der Waals surface area contributed by atoms with Crippen molar-refractivity contribution in [2.24, 2.45) is 0 Å². The molecular weight excluding hydrogens is 409 g/mol. The van der Waals surface area contributed by atoms with Gasteiger partial charge in [-0.05, 0) is 54.5 Å². The van der Waals surface area contributed by atoms with Crippen LogP contribution in [0.4, 0.5) is 13.2 Å². The third kappa shape index (κ3) is 5.33. The van der Waals surface area contributed by atoms with E-state index in [4.69, 9.17) is 0 Å². The largest absolute Gasteiger partial charge is 0.207 e. The van der Waals surface area contributed by atoms with Crippen molar-refractivity contribution in [3.05, 3.63) is 137 Å². The van der Waals surface area contributed by atoms with Crippen LogP contribution in [0.3, 0.4) is 0 Å². The fourth-order valence-electron chi connectivity index (χ4n) is 4.26. The highest BCUT2D eigenvalue weighted by Crippen LogP contribution is 2.24. The average Bonchev–Trinajstić information content (AvgIpc) is 2.79. The van der Waals surface area contributed by atoms with Gasteiger partial charge in [0.15, 0.2) is 0 Å². The SMILES string of the molecule is Fc1ccc(C[Si](Cc2ccc(F)cc2)(Cc2ccc(F)cc2)c2ccccc2)cc1. The Balaban J connectivity index is 1.82. The van der Waals surface area contributed by atoms with Gasteiger partial charge in [-0.25, -0.2) is 13.2 Å². The van der Waals surface area contributed by atoms with Gasteiger partial charge in [-0.3, -0.25) is 0 Å². The van der Waals surface area contributed by atoms with Crippen LogP contribution in [0.1, 0.15) is 16.7 Å². The molecule has 156 valence electrons. The zero-order chi connectivity index (χ0) is 21.7. The Kier molecular flexibility index (Phi) is 6.38. The van der Waals surface area contributed by atoms with Crippen molar-refractivity contribution in [1.82, 2.24) is 0 Å². The maximum atomic E-state index is 13.6. The molecule has 0 N–H and O–H groups in total. The van der Waals surface area contributed by atoms with Gasteiger partial charge in [0.1, 0.15) is 17.5 Å². The summed E-state index contributed by atoms with van der Waals surface area (Å²) in [5, 5.41) is 1.27. The van der Waals surface area contributed by atoms with E-state index in [0.29, 0.717) is 0 Å². The molecule has 4 aromatic carbocycles. The third-order valence-corrected chi connectivity index (χ3v) is 10.6. The van der Waals surface area contributed by atoms with Crippen LogP contribution in [0.5, 0.6) is 0 Å². The van der Waals surface area contributed by atoms with Crippen molar-refractivity contribution in [3.63, 3.8) is 0 Å². The number of benzene rings is 4. The van der Waals surface area contributed by atoms with Gasteiger partial charge < -0.3 is 0 Å². The molecule has 0 radical (unpaired) electrons. The fourth-order valence-corrected chi connectivity index (χ4v) is 9.20. The second-order valence-corrected chi connectivity index (χ2v) is 12.3. The van der Waals surface area contributed by atoms with Gasteiger partial charge in [-0.2, -0.15) is 0 Å². The maximum Gasteiger partial charge on any atom is 0.123 e. The number of rotatable bonds is 7. The van der Waals surface area contributed by atoms with Gasteiger partial charge in [0.05, 0.1) is 8.07 Å². The molecule has 0 spiro atoms. The van der Waals surface area contributed by atoms with E-state index in [1.807, 2.05) is 54.6 Å². The molecule has 31 heavy (non-hydrogen) atoms. The lowest BCUT2D eigenvalue weighted by atomic mass is 10.2. The van der Waals surface area contributed by atoms with Crippen LogP contribution in [-0.4, -0.2) is 8.07 Å². The Hall–Kier alpha value is -3.11. The molecule has 0 amide bonds. The lowest BCUT2D eigenvalue weighted by molar-refractivity contribution is 0.627. The second-order valence-electron chi connectivity index (χ2n) is 8.06. The predicted octanol–water partition coefficient (Wildman–Crippen LogP) is 6.11. The summed E-state index contributed by atoms with van der Waals surface area (Å²) < 4.78 is 40.7. The minimum absolute atomic E-state index is 0.257. The summed E-state index contributed by atoms with van der Waals surface area (Å²) in [5.41, 5.74) is 3.21. The summed E-state index contributed by atoms with van der Waals surface area (Å²) in [5.74, 6) is -0.770. The van der Waals surface area contributed by atoms with Gasteiger partial charge in [-0.1, -0.05) is 88.6 Å². The standard InChI is InChI=1S/C27H23F3Si/c28-24-12-6-21(7-13-24)18-31(27-4-2-1-3-5-27,19-22-8-14-25(29)15-9-22)20-23-10-16-26(30)17-11-23/h1-17H,18-20H2. The summed E-state index contributed by atoms with van der Waals surface area (Å²) >= 11 is 0. The molecule has 4 rings (SSSR count). The average molecular weight is 433 g/mol. The van der Waals surface area contributed by atoms with Crippen molar-refractivity contribution in [3.8, 4) is 0 Å². The van der Waals surface area contributed by atoms with Crippen molar-refractivity contribution >= 4 is 13.3 Å². The van der Waals surface area contributed by atoms with E-state index in [2.05, 4.69) is 12.1 Å². The molecule has 4 heteroatoms. The quantitative estimate of drug-likeness (QED) is 0.309. The van der Waals surface area contributed by atoms with Crippen LogP contribution in [0.25, 0.3) is 0 Å². The Labute approximate surface area is 182 Å². The summed E-state index contributed by atoms with van der Waals surface area (Å²) in [6, 6.07) is 32.8. The van der Waals surface area contributed by atoms with E-state index < -0.39 is 8.07 Å². The van der Waals surface area contributed by atoms with E-state index in [9.17, 15) is 13.2 Å². The molecule has 0 unspecified atom stereocenters. The van der Waals surface area contributed by atoms with Crippen molar-refractivity contribution < 1.29 is 13.2 Å². The Morgan fingerprint density at radius 1 is 0.419 bits per heavy atom. The van der Waals surface area contributed by atoms with E-state index in [-0.39, 0.29) is 17.5 Å². The molecule has 0 atom stereocenters. The van der Waals surface area contributed by atoms with Crippen LogP contribution in [-0.2, 0) is 18.1 Å². The van der Waals surface area contributed by atoms with Crippen LogP contribution in [0.2, 0.25) is 0 Å². The maximum absolute atomic E-state index is 13.6. The van der Waals surface area contributed by atoms with Crippen molar-refractivity contribution in [2.45, 2.75) is 18.1 Å². The van der Waals surface area contributed by atoms with Crippen LogP contribution in [0.15, 0.2) is 103 Å². The predicted molar refractivity (Wildman–Crippen MR) is 122 cm³/mol. The first-order chi connectivity index (χ1) is 15.0. The lowest BCUT2D eigenvalue weighted by Gasteiger charge is -2.33. The number of hydrogen-bond acceptors (Lipinski definition) is 0. The van der Waals surface area contributed by atoms with Gasteiger partial charge in [0, 0.05) is 0 Å². The van der Waals surface area contributed by atoms with Crippen molar-refractivity contribution in [1.29, 1.82) is 0 Å². The highest BCUT2D eigenvalue weighted by atomic mass is 28.3. The first-order valence-corrected chi connectivity index (χ1v) is 12.9. The van der Waals surface area contributed by atoms with Crippen LogP contribution in [0, 0.1) is 17.5 Å². The monoisotopic (exact) mass is 432 g/mol. The second kappa shape index (κ2) is 9.35. The zero-order valence-electron chi connectivity index (χ0n) is 17.1. The molecule has 0 aromatic heterocycles. The third-order valence-electron chi connectivity index (χ3n) is 5.75. The first-order valence-electron chi connectivity index (χ1n) is 10.3. The fraction of sp³-hybridized carbons (Fsp3) is 0.111. The van der Waals surface area contributed by atoms with Crippen LogP contribution >= 0.6 is 0 Å². The van der Waals surface area contributed by atoms with E-state index in [0.717, 1.165) is 34.8 Å². The molecule has 0 aliphatic heterocycles. The van der Waals surface area contributed by atoms with E-state index in [1.165, 1.54) is 41.6 Å². The summed E-state index contributed by atoms with van der Waals surface area (Å²) in [7, 11) is -2.31. The van der Waals surface area contributed by atoms with Crippen molar-refractivity contribution in [2.75, 3.05) is 0 Å². The van der Waals surface area contributed by atoms with E-state index in [1.54, 1.807) is 0 Å². The molecular formula is C27H23F3Si. The topological polar surface area (TPSA) is 0 Å². The zero-order valence-corrected chi connectivity index (χ0v) is 18.1. The summed E-state index contributed by atoms with van der Waals surface area (Å²) in [6.45, 7) is 0. The van der Waals surface area contributed by atoms with Crippen LogP contribution < -0.4 is 5.19 Å². The molecule has 0 fully saturated rings. The Bertz CT molecular complexity index is 990. The lowest BCUT2D eigenvalue weighted by Crippen LogP contribution is -2.55. The molecule has 0 saturated carbocycles. The van der Waals surface area contributed by atoms with E-state index >= 15 is 0 Å². The van der Waals surface area contributed by atoms with Gasteiger partial charge in [-0.15, -0.1) is 0 Å². The summed E-state index contributed by atoms with van der Waals surface area (Å²) in [6.07, 6.45) is 0.